The average molecular weight is 761 g/mol. The Bertz CT molecular complexity index is 1200. The highest BCUT2D eigenvalue weighted by atomic mass is 16.6. The van der Waals surface area contributed by atoms with Crippen LogP contribution in [0.3, 0.4) is 0 Å². The van der Waals surface area contributed by atoms with Gasteiger partial charge in [0.15, 0.2) is 6.10 Å². The van der Waals surface area contributed by atoms with Crippen LogP contribution in [-0.4, -0.2) is 37.2 Å². The Labute approximate surface area is 336 Å². The number of unbranched alkanes of at least 4 members (excludes halogenated alkanes) is 8. The van der Waals surface area contributed by atoms with Crippen LogP contribution in [0, 0.1) is 0 Å². The number of rotatable bonds is 36. The maximum Gasteiger partial charge on any atom is 0.309 e. The maximum atomic E-state index is 12.7. The Morgan fingerprint density at radius 3 is 1.20 bits per heavy atom. The standard InChI is InChI=1S/C49H76O6/c1-4-7-10-13-16-19-21-23-24-25-26-28-30-33-36-39-42-48(51)54-45-46(44-53-47(50)41-38-35-32-29-18-15-12-9-6-3)55-49(52)43-40-37-34-31-27-22-20-17-14-11-8-5-2/h7-12,16-20,23-24,26,28-29,35,38,46H,4-6,13-15,21-22,25,27,30-34,36-37,39-45H2,1-3H3/b10-7-,11-8-,12-9-,19-16-,20-17-,24-23-,28-26-,29-18-,38-35-. The fourth-order valence-electron chi connectivity index (χ4n) is 5.18. The molecule has 1 atom stereocenters. The fourth-order valence-corrected chi connectivity index (χ4v) is 5.18. The molecule has 0 rings (SSSR count). The van der Waals surface area contributed by atoms with Gasteiger partial charge in [-0.25, -0.2) is 0 Å². The quantitative estimate of drug-likeness (QED) is 0.0274. The summed E-state index contributed by atoms with van der Waals surface area (Å²) in [4.78, 5) is 37.5. The summed E-state index contributed by atoms with van der Waals surface area (Å²) in [6.45, 7) is 6.11. The molecule has 0 heterocycles. The Morgan fingerprint density at radius 2 is 0.727 bits per heavy atom. The average Bonchev–Trinajstić information content (AvgIpc) is 3.18. The van der Waals surface area contributed by atoms with Gasteiger partial charge < -0.3 is 14.2 Å². The van der Waals surface area contributed by atoms with Gasteiger partial charge in [-0.15, -0.1) is 0 Å². The molecule has 6 nitrogen and oxygen atoms in total. The number of carbonyl (C=O) groups excluding carboxylic acids is 3. The third kappa shape index (κ3) is 41.1. The summed E-state index contributed by atoms with van der Waals surface area (Å²) in [5, 5.41) is 0. The van der Waals surface area contributed by atoms with Crippen LogP contribution in [0.15, 0.2) is 109 Å². The molecule has 0 radical (unpaired) electrons. The lowest BCUT2D eigenvalue weighted by Crippen LogP contribution is -2.30. The van der Waals surface area contributed by atoms with E-state index in [0.717, 1.165) is 122 Å². The molecule has 0 aliphatic rings. The third-order valence-corrected chi connectivity index (χ3v) is 8.29. The first kappa shape index (κ1) is 51.1. The van der Waals surface area contributed by atoms with Crippen LogP contribution in [0.25, 0.3) is 0 Å². The lowest BCUT2D eigenvalue weighted by Gasteiger charge is -2.18. The number of esters is 3. The Hall–Kier alpha value is -3.93. The molecule has 0 saturated heterocycles. The normalized spacial score (nSPS) is 13.1. The van der Waals surface area contributed by atoms with Crippen molar-refractivity contribution >= 4 is 17.9 Å². The van der Waals surface area contributed by atoms with E-state index in [9.17, 15) is 14.4 Å². The lowest BCUT2D eigenvalue weighted by molar-refractivity contribution is -0.166. The molecule has 0 bridgehead atoms. The van der Waals surface area contributed by atoms with E-state index in [1.165, 1.54) is 0 Å². The third-order valence-electron chi connectivity index (χ3n) is 8.29. The minimum absolute atomic E-state index is 0.122. The van der Waals surface area contributed by atoms with Gasteiger partial charge >= 0.3 is 17.9 Å². The van der Waals surface area contributed by atoms with E-state index in [2.05, 4.69) is 118 Å². The Balaban J connectivity index is 4.53. The van der Waals surface area contributed by atoms with Crippen LogP contribution in [0.1, 0.15) is 162 Å². The molecule has 0 fully saturated rings. The molecule has 0 saturated carbocycles. The van der Waals surface area contributed by atoms with Gasteiger partial charge in [0.2, 0.25) is 0 Å². The summed E-state index contributed by atoms with van der Waals surface area (Å²) in [6, 6.07) is 0. The Morgan fingerprint density at radius 1 is 0.382 bits per heavy atom. The van der Waals surface area contributed by atoms with Crippen molar-refractivity contribution in [1.29, 1.82) is 0 Å². The van der Waals surface area contributed by atoms with Crippen molar-refractivity contribution < 1.29 is 28.6 Å². The highest BCUT2D eigenvalue weighted by Gasteiger charge is 2.19. The SMILES string of the molecule is CC/C=C\C/C=C\C/C=C\C/C=C\CCCCCC(=O)OCC(COC(=O)C/C=C\C/C=C\C/C=C\CC)OC(=O)CCCCCCC/C=C\C/C=C\CC. The molecule has 6 heteroatoms. The van der Waals surface area contributed by atoms with Crippen molar-refractivity contribution in [2.75, 3.05) is 13.2 Å². The van der Waals surface area contributed by atoms with E-state index < -0.39 is 12.1 Å². The summed E-state index contributed by atoms with van der Waals surface area (Å²) in [7, 11) is 0. The van der Waals surface area contributed by atoms with Crippen LogP contribution < -0.4 is 0 Å². The van der Waals surface area contributed by atoms with Gasteiger partial charge in [-0.05, 0) is 96.3 Å². The lowest BCUT2D eigenvalue weighted by atomic mass is 10.1. The van der Waals surface area contributed by atoms with Crippen molar-refractivity contribution in [3.63, 3.8) is 0 Å². The summed E-state index contributed by atoms with van der Waals surface area (Å²) >= 11 is 0. The zero-order valence-electron chi connectivity index (χ0n) is 34.9. The van der Waals surface area contributed by atoms with Crippen LogP contribution >= 0.6 is 0 Å². The molecule has 0 aromatic rings. The molecule has 1 unspecified atom stereocenters. The van der Waals surface area contributed by atoms with Crippen LogP contribution in [-0.2, 0) is 28.6 Å². The van der Waals surface area contributed by atoms with Crippen molar-refractivity contribution in [2.45, 2.75) is 168 Å². The van der Waals surface area contributed by atoms with Crippen molar-refractivity contribution in [1.82, 2.24) is 0 Å². The molecule has 0 aliphatic heterocycles. The summed E-state index contributed by atoms with van der Waals surface area (Å²) in [6.07, 6.45) is 56.8. The van der Waals surface area contributed by atoms with Gasteiger partial charge in [-0.2, -0.15) is 0 Å². The second-order valence-electron chi connectivity index (χ2n) is 13.5. The number of carbonyl (C=O) groups is 3. The molecule has 0 amide bonds. The molecular weight excluding hydrogens is 685 g/mol. The van der Waals surface area contributed by atoms with Gasteiger partial charge in [0.25, 0.3) is 0 Å². The molecule has 0 spiro atoms. The topological polar surface area (TPSA) is 78.9 Å². The smallest absolute Gasteiger partial charge is 0.309 e. The number of ether oxygens (including phenoxy) is 3. The molecule has 0 aromatic heterocycles. The summed E-state index contributed by atoms with van der Waals surface area (Å²) in [5.41, 5.74) is 0. The van der Waals surface area contributed by atoms with Crippen molar-refractivity contribution in [2.24, 2.45) is 0 Å². The first-order chi connectivity index (χ1) is 27.0. The van der Waals surface area contributed by atoms with Gasteiger partial charge in [0.05, 0.1) is 6.42 Å². The second kappa shape index (κ2) is 42.8. The number of hydrogen-bond donors (Lipinski definition) is 0. The molecule has 308 valence electrons. The first-order valence-electron chi connectivity index (χ1n) is 21.4. The molecule has 0 N–H and O–H groups in total. The van der Waals surface area contributed by atoms with Gasteiger partial charge in [0.1, 0.15) is 13.2 Å². The zero-order chi connectivity index (χ0) is 40.1. The summed E-state index contributed by atoms with van der Waals surface area (Å²) in [5.74, 6) is -1.12. The Kier molecular flexibility index (Phi) is 39.7. The molecule has 0 aliphatic carbocycles. The van der Waals surface area contributed by atoms with E-state index >= 15 is 0 Å². The number of hydrogen-bond acceptors (Lipinski definition) is 6. The fraction of sp³-hybridized carbons (Fsp3) is 0.571. The van der Waals surface area contributed by atoms with Crippen molar-refractivity contribution in [3.8, 4) is 0 Å². The van der Waals surface area contributed by atoms with Gasteiger partial charge in [-0.1, -0.05) is 156 Å². The zero-order valence-corrected chi connectivity index (χ0v) is 34.9. The molecular formula is C49H76O6. The van der Waals surface area contributed by atoms with E-state index in [4.69, 9.17) is 14.2 Å². The monoisotopic (exact) mass is 761 g/mol. The highest BCUT2D eigenvalue weighted by Crippen LogP contribution is 2.11. The van der Waals surface area contributed by atoms with E-state index in [0.29, 0.717) is 6.42 Å². The van der Waals surface area contributed by atoms with E-state index in [1.807, 2.05) is 6.08 Å². The van der Waals surface area contributed by atoms with Gasteiger partial charge in [-0.3, -0.25) is 14.4 Å². The van der Waals surface area contributed by atoms with Gasteiger partial charge in [0, 0.05) is 12.8 Å². The minimum atomic E-state index is -0.833. The highest BCUT2D eigenvalue weighted by molar-refractivity contribution is 5.72. The van der Waals surface area contributed by atoms with Crippen LogP contribution in [0.5, 0.6) is 0 Å². The first-order valence-corrected chi connectivity index (χ1v) is 21.4. The summed E-state index contributed by atoms with van der Waals surface area (Å²) < 4.78 is 16.5. The van der Waals surface area contributed by atoms with E-state index in [-0.39, 0.29) is 38.0 Å². The predicted octanol–water partition coefficient (Wildman–Crippen LogP) is 13.6. The molecule has 0 aromatic carbocycles. The second-order valence-corrected chi connectivity index (χ2v) is 13.5. The van der Waals surface area contributed by atoms with Crippen molar-refractivity contribution in [3.05, 3.63) is 109 Å². The number of allylic oxidation sites excluding steroid dienone is 17. The largest absolute Gasteiger partial charge is 0.462 e. The van der Waals surface area contributed by atoms with Crippen LogP contribution in [0.4, 0.5) is 0 Å². The minimum Gasteiger partial charge on any atom is -0.462 e. The maximum absolute atomic E-state index is 12.7. The van der Waals surface area contributed by atoms with Crippen LogP contribution in [0.2, 0.25) is 0 Å². The van der Waals surface area contributed by atoms with E-state index in [1.54, 1.807) is 6.08 Å². The predicted molar refractivity (Wildman–Crippen MR) is 233 cm³/mol. The molecule has 55 heavy (non-hydrogen) atoms.